The van der Waals surface area contributed by atoms with Crippen LogP contribution in [-0.4, -0.2) is 47.8 Å². The standard InChI is InChI=1S/C19H24FN3O2/c1-14-10-16(22-13-21-14)6-7-17-12-23(8-9-25-17)11-15-4-3-5-18(24-2)19(15)20/h3-5,10,13,17H,6-9,11-12H2,1-2H3/t17-/m0/s1. The van der Waals surface area contributed by atoms with Gasteiger partial charge in [-0.25, -0.2) is 14.4 Å². The van der Waals surface area contributed by atoms with Crippen LogP contribution in [0.1, 0.15) is 23.4 Å². The summed E-state index contributed by atoms with van der Waals surface area (Å²) in [6.45, 7) is 4.79. The zero-order valence-electron chi connectivity index (χ0n) is 14.7. The molecule has 0 N–H and O–H groups in total. The first kappa shape index (κ1) is 17.8. The second-order valence-electron chi connectivity index (χ2n) is 6.35. The van der Waals surface area contributed by atoms with Gasteiger partial charge >= 0.3 is 0 Å². The molecule has 0 bridgehead atoms. The molecular formula is C19H24FN3O2. The van der Waals surface area contributed by atoms with Crippen LogP contribution in [0.15, 0.2) is 30.6 Å². The van der Waals surface area contributed by atoms with Gasteiger partial charge < -0.3 is 9.47 Å². The van der Waals surface area contributed by atoms with Crippen LogP contribution in [0.25, 0.3) is 0 Å². The Kier molecular flexibility index (Phi) is 5.94. The Morgan fingerprint density at radius 2 is 2.24 bits per heavy atom. The maximum absolute atomic E-state index is 14.3. The number of hydrogen-bond acceptors (Lipinski definition) is 5. The molecule has 0 aliphatic carbocycles. The highest BCUT2D eigenvalue weighted by Gasteiger charge is 2.22. The van der Waals surface area contributed by atoms with Crippen molar-refractivity contribution in [1.29, 1.82) is 0 Å². The topological polar surface area (TPSA) is 47.5 Å². The van der Waals surface area contributed by atoms with E-state index in [1.54, 1.807) is 12.4 Å². The van der Waals surface area contributed by atoms with E-state index in [0.717, 1.165) is 37.3 Å². The maximum atomic E-state index is 14.3. The lowest BCUT2D eigenvalue weighted by Crippen LogP contribution is -2.42. The highest BCUT2D eigenvalue weighted by atomic mass is 19.1. The van der Waals surface area contributed by atoms with Gasteiger partial charge in [0.2, 0.25) is 0 Å². The molecule has 5 nitrogen and oxygen atoms in total. The van der Waals surface area contributed by atoms with E-state index in [1.807, 2.05) is 25.1 Å². The summed E-state index contributed by atoms with van der Waals surface area (Å²) in [6.07, 6.45) is 3.49. The second kappa shape index (κ2) is 8.36. The fourth-order valence-electron chi connectivity index (χ4n) is 3.13. The SMILES string of the molecule is COc1cccc(CN2CCO[C@@H](CCc3cc(C)ncn3)C2)c1F. The molecule has 2 heterocycles. The van der Waals surface area contributed by atoms with Crippen LogP contribution < -0.4 is 4.74 Å². The van der Waals surface area contributed by atoms with Gasteiger partial charge in [0.05, 0.1) is 19.8 Å². The van der Waals surface area contributed by atoms with E-state index in [9.17, 15) is 4.39 Å². The van der Waals surface area contributed by atoms with Crippen molar-refractivity contribution in [2.75, 3.05) is 26.8 Å². The Hall–Kier alpha value is -2.05. The van der Waals surface area contributed by atoms with Crippen LogP contribution >= 0.6 is 0 Å². The fraction of sp³-hybridized carbons (Fsp3) is 0.474. The van der Waals surface area contributed by atoms with Crippen molar-refractivity contribution in [1.82, 2.24) is 14.9 Å². The molecule has 0 saturated carbocycles. The van der Waals surface area contributed by atoms with Crippen LogP contribution in [0.2, 0.25) is 0 Å². The Morgan fingerprint density at radius 1 is 1.36 bits per heavy atom. The molecule has 1 aliphatic heterocycles. The van der Waals surface area contributed by atoms with Gasteiger partial charge in [0.1, 0.15) is 6.33 Å². The van der Waals surface area contributed by atoms with E-state index in [-0.39, 0.29) is 11.9 Å². The molecule has 0 unspecified atom stereocenters. The van der Waals surface area contributed by atoms with E-state index < -0.39 is 0 Å². The largest absolute Gasteiger partial charge is 0.494 e. The number of benzene rings is 1. The van der Waals surface area contributed by atoms with Crippen molar-refractivity contribution in [3.63, 3.8) is 0 Å². The summed E-state index contributed by atoms with van der Waals surface area (Å²) in [5, 5.41) is 0. The van der Waals surface area contributed by atoms with E-state index in [4.69, 9.17) is 9.47 Å². The molecule has 0 spiro atoms. The lowest BCUT2D eigenvalue weighted by Gasteiger charge is -2.33. The molecule has 1 fully saturated rings. The van der Waals surface area contributed by atoms with Crippen LogP contribution in [0, 0.1) is 12.7 Å². The van der Waals surface area contributed by atoms with Gasteiger partial charge in [-0.05, 0) is 31.9 Å². The van der Waals surface area contributed by atoms with Crippen molar-refractivity contribution in [3.05, 3.63) is 53.4 Å². The summed E-state index contributed by atoms with van der Waals surface area (Å²) in [7, 11) is 1.49. The summed E-state index contributed by atoms with van der Waals surface area (Å²) in [4.78, 5) is 10.7. The number of morpholine rings is 1. The molecule has 1 aromatic carbocycles. The number of aromatic nitrogens is 2. The monoisotopic (exact) mass is 345 g/mol. The lowest BCUT2D eigenvalue weighted by atomic mass is 10.1. The molecular weight excluding hydrogens is 321 g/mol. The molecule has 134 valence electrons. The third-order valence-electron chi connectivity index (χ3n) is 4.46. The van der Waals surface area contributed by atoms with Crippen LogP contribution in [-0.2, 0) is 17.7 Å². The minimum Gasteiger partial charge on any atom is -0.494 e. The number of nitrogens with zero attached hydrogens (tertiary/aromatic N) is 3. The molecule has 1 aromatic heterocycles. The predicted molar refractivity (Wildman–Crippen MR) is 93.1 cm³/mol. The number of rotatable bonds is 6. The van der Waals surface area contributed by atoms with Gasteiger partial charge in [0.15, 0.2) is 11.6 Å². The minimum atomic E-state index is -0.274. The first-order valence-corrected chi connectivity index (χ1v) is 8.58. The molecule has 1 saturated heterocycles. The zero-order valence-corrected chi connectivity index (χ0v) is 14.7. The van der Waals surface area contributed by atoms with E-state index >= 15 is 0 Å². The van der Waals surface area contributed by atoms with E-state index in [1.165, 1.54) is 7.11 Å². The molecule has 2 aromatic rings. The van der Waals surface area contributed by atoms with Gasteiger partial charge in [-0.3, -0.25) is 4.90 Å². The first-order valence-electron chi connectivity index (χ1n) is 8.58. The molecule has 3 rings (SSSR count). The smallest absolute Gasteiger partial charge is 0.169 e. The number of aryl methyl sites for hydroxylation is 2. The van der Waals surface area contributed by atoms with Crippen LogP contribution in [0.5, 0.6) is 5.75 Å². The Bertz CT molecular complexity index is 711. The minimum absolute atomic E-state index is 0.137. The van der Waals surface area contributed by atoms with Gasteiger partial charge in [0, 0.05) is 36.6 Å². The molecule has 1 aliphatic rings. The van der Waals surface area contributed by atoms with Gasteiger partial charge in [-0.15, -0.1) is 0 Å². The summed E-state index contributed by atoms with van der Waals surface area (Å²) < 4.78 is 25.3. The quantitative estimate of drug-likeness (QED) is 0.806. The molecule has 6 heteroatoms. The van der Waals surface area contributed by atoms with E-state index in [2.05, 4.69) is 14.9 Å². The van der Waals surface area contributed by atoms with Gasteiger partial charge in [-0.2, -0.15) is 0 Å². The molecule has 1 atom stereocenters. The molecule has 0 radical (unpaired) electrons. The zero-order chi connectivity index (χ0) is 17.6. The number of halogens is 1. The average molecular weight is 345 g/mol. The van der Waals surface area contributed by atoms with Crippen molar-refractivity contribution >= 4 is 0 Å². The van der Waals surface area contributed by atoms with Crippen molar-refractivity contribution in [2.24, 2.45) is 0 Å². The third kappa shape index (κ3) is 4.74. The summed E-state index contributed by atoms with van der Waals surface area (Å²) in [5.41, 5.74) is 2.67. The fourth-order valence-corrected chi connectivity index (χ4v) is 3.13. The molecule has 0 amide bonds. The van der Waals surface area contributed by atoms with Crippen LogP contribution in [0.3, 0.4) is 0 Å². The number of hydrogen-bond donors (Lipinski definition) is 0. The van der Waals surface area contributed by atoms with Crippen molar-refractivity contribution < 1.29 is 13.9 Å². The highest BCUT2D eigenvalue weighted by molar-refractivity contribution is 5.31. The van der Waals surface area contributed by atoms with E-state index in [0.29, 0.717) is 24.5 Å². The Balaban J connectivity index is 1.56. The van der Waals surface area contributed by atoms with Crippen LogP contribution in [0.4, 0.5) is 4.39 Å². The Labute approximate surface area is 147 Å². The van der Waals surface area contributed by atoms with Gasteiger partial charge in [0.25, 0.3) is 0 Å². The normalized spacial score (nSPS) is 18.3. The summed E-state index contributed by atoms with van der Waals surface area (Å²) in [5.74, 6) is 0.0194. The lowest BCUT2D eigenvalue weighted by molar-refractivity contribution is -0.0349. The van der Waals surface area contributed by atoms with Crippen molar-refractivity contribution in [3.8, 4) is 5.75 Å². The third-order valence-corrected chi connectivity index (χ3v) is 4.46. The predicted octanol–water partition coefficient (Wildman–Crippen LogP) is 2.77. The molecule has 25 heavy (non-hydrogen) atoms. The second-order valence-corrected chi connectivity index (χ2v) is 6.35. The maximum Gasteiger partial charge on any atom is 0.169 e. The number of methoxy groups -OCH3 is 1. The Morgan fingerprint density at radius 3 is 3.04 bits per heavy atom. The summed E-state index contributed by atoms with van der Waals surface area (Å²) >= 11 is 0. The highest BCUT2D eigenvalue weighted by Crippen LogP contribution is 2.22. The van der Waals surface area contributed by atoms with Crippen molar-refractivity contribution in [2.45, 2.75) is 32.4 Å². The van der Waals surface area contributed by atoms with Gasteiger partial charge in [-0.1, -0.05) is 12.1 Å². The number of ether oxygens (including phenoxy) is 2. The average Bonchev–Trinajstić information content (AvgIpc) is 2.62. The summed E-state index contributed by atoms with van der Waals surface area (Å²) in [6, 6.07) is 7.29. The first-order chi connectivity index (χ1) is 12.2.